The maximum atomic E-state index is 5.77. The molecular formula is C17H19N3O. The van der Waals surface area contributed by atoms with E-state index in [0.717, 1.165) is 43.7 Å². The fourth-order valence-electron chi connectivity index (χ4n) is 2.30. The molecule has 108 valence electrons. The van der Waals surface area contributed by atoms with Crippen LogP contribution in [0.3, 0.4) is 0 Å². The molecule has 1 aromatic carbocycles. The van der Waals surface area contributed by atoms with E-state index >= 15 is 0 Å². The van der Waals surface area contributed by atoms with Gasteiger partial charge in [0.05, 0.1) is 12.9 Å². The number of benzene rings is 1. The highest BCUT2D eigenvalue weighted by atomic mass is 16.5. The first-order chi connectivity index (χ1) is 10.4. The second-order valence-electron chi connectivity index (χ2n) is 5.00. The lowest BCUT2D eigenvalue weighted by Gasteiger charge is -2.09. The van der Waals surface area contributed by atoms with Crippen LogP contribution in [-0.2, 0) is 0 Å². The van der Waals surface area contributed by atoms with Crippen LogP contribution >= 0.6 is 0 Å². The Morgan fingerprint density at radius 3 is 2.76 bits per heavy atom. The summed E-state index contributed by atoms with van der Waals surface area (Å²) in [6.45, 7) is 0.720. The van der Waals surface area contributed by atoms with Crippen molar-refractivity contribution in [2.24, 2.45) is 4.99 Å². The molecule has 1 aliphatic heterocycles. The summed E-state index contributed by atoms with van der Waals surface area (Å²) in [4.78, 5) is 8.43. The Morgan fingerprint density at radius 1 is 1.14 bits per heavy atom. The lowest BCUT2D eigenvalue weighted by atomic mass is 10.1. The molecule has 0 radical (unpaired) electrons. The van der Waals surface area contributed by atoms with Crippen molar-refractivity contribution in [1.29, 1.82) is 0 Å². The average molecular weight is 281 g/mol. The van der Waals surface area contributed by atoms with Gasteiger partial charge < -0.3 is 9.30 Å². The van der Waals surface area contributed by atoms with Crippen LogP contribution in [0.1, 0.15) is 25.7 Å². The van der Waals surface area contributed by atoms with E-state index in [1.54, 1.807) is 12.5 Å². The van der Waals surface area contributed by atoms with Crippen LogP contribution in [0.4, 0.5) is 0 Å². The van der Waals surface area contributed by atoms with Gasteiger partial charge in [0, 0.05) is 30.0 Å². The zero-order chi connectivity index (χ0) is 14.3. The van der Waals surface area contributed by atoms with Crippen LogP contribution in [0.2, 0.25) is 0 Å². The standard InChI is InChI=1S/C17H19N3O/c1-2-10-19-15(4-1)5-3-13-21-17-8-6-16(7-9-17)20-12-11-18-14-20/h4,6-12,14H,1-3,5,13H2. The van der Waals surface area contributed by atoms with Crippen molar-refractivity contribution in [1.82, 2.24) is 9.55 Å². The third-order valence-corrected chi connectivity index (χ3v) is 3.42. The first-order valence-corrected chi connectivity index (χ1v) is 7.34. The Morgan fingerprint density at radius 2 is 2.05 bits per heavy atom. The number of rotatable bonds is 6. The van der Waals surface area contributed by atoms with Gasteiger partial charge in [-0.3, -0.25) is 4.99 Å². The number of aliphatic imine (C=N–C) groups is 1. The van der Waals surface area contributed by atoms with Crippen molar-refractivity contribution >= 4 is 6.21 Å². The Hall–Kier alpha value is -2.36. The van der Waals surface area contributed by atoms with Gasteiger partial charge in [-0.05, 0) is 49.9 Å². The van der Waals surface area contributed by atoms with E-state index in [0.29, 0.717) is 0 Å². The summed E-state index contributed by atoms with van der Waals surface area (Å²) in [5, 5.41) is 0. The zero-order valence-corrected chi connectivity index (χ0v) is 12.0. The molecule has 0 spiro atoms. The fraction of sp³-hybridized carbons (Fsp3) is 0.294. The highest BCUT2D eigenvalue weighted by Gasteiger charge is 2.00. The van der Waals surface area contributed by atoms with Gasteiger partial charge >= 0.3 is 0 Å². The van der Waals surface area contributed by atoms with Gasteiger partial charge in [-0.2, -0.15) is 0 Å². The number of nitrogens with zero attached hydrogens (tertiary/aromatic N) is 3. The molecule has 0 aliphatic carbocycles. The minimum Gasteiger partial charge on any atom is -0.494 e. The molecule has 2 heterocycles. The topological polar surface area (TPSA) is 39.4 Å². The first-order valence-electron chi connectivity index (χ1n) is 7.34. The number of ether oxygens (including phenoxy) is 1. The number of hydrogen-bond donors (Lipinski definition) is 0. The van der Waals surface area contributed by atoms with Crippen molar-refractivity contribution in [3.8, 4) is 11.4 Å². The molecule has 0 N–H and O–H groups in total. The lowest BCUT2D eigenvalue weighted by molar-refractivity contribution is 0.310. The smallest absolute Gasteiger partial charge is 0.119 e. The molecule has 0 amide bonds. The van der Waals surface area contributed by atoms with Crippen molar-refractivity contribution < 1.29 is 4.74 Å². The summed E-state index contributed by atoms with van der Waals surface area (Å²) in [6.07, 6.45) is 13.9. The first kappa shape index (κ1) is 13.6. The highest BCUT2D eigenvalue weighted by Crippen LogP contribution is 2.17. The summed E-state index contributed by atoms with van der Waals surface area (Å²) < 4.78 is 7.74. The molecule has 0 fully saturated rings. The Balaban J connectivity index is 1.45. The Kier molecular flexibility index (Phi) is 4.46. The van der Waals surface area contributed by atoms with E-state index < -0.39 is 0 Å². The summed E-state index contributed by atoms with van der Waals surface area (Å²) in [7, 11) is 0. The quantitative estimate of drug-likeness (QED) is 0.756. The third kappa shape index (κ3) is 3.81. The summed E-state index contributed by atoms with van der Waals surface area (Å²) >= 11 is 0. The number of allylic oxidation sites excluding steroid dienone is 2. The third-order valence-electron chi connectivity index (χ3n) is 3.42. The largest absolute Gasteiger partial charge is 0.494 e. The molecule has 0 unspecified atom stereocenters. The van der Waals surface area contributed by atoms with Gasteiger partial charge in [0.15, 0.2) is 0 Å². The normalized spacial score (nSPS) is 14.0. The maximum Gasteiger partial charge on any atom is 0.119 e. The van der Waals surface area contributed by atoms with Gasteiger partial charge in [0.1, 0.15) is 5.75 Å². The predicted molar refractivity (Wildman–Crippen MR) is 84.1 cm³/mol. The molecule has 0 saturated carbocycles. The van der Waals surface area contributed by atoms with E-state index in [-0.39, 0.29) is 0 Å². The maximum absolute atomic E-state index is 5.77. The highest BCUT2D eigenvalue weighted by molar-refractivity contribution is 5.60. The van der Waals surface area contributed by atoms with E-state index in [1.807, 2.05) is 41.2 Å². The van der Waals surface area contributed by atoms with Gasteiger partial charge in [0.2, 0.25) is 0 Å². The van der Waals surface area contributed by atoms with Gasteiger partial charge in [-0.1, -0.05) is 6.08 Å². The number of aromatic nitrogens is 2. The van der Waals surface area contributed by atoms with Crippen LogP contribution in [-0.4, -0.2) is 22.4 Å². The van der Waals surface area contributed by atoms with E-state index in [2.05, 4.69) is 16.1 Å². The van der Waals surface area contributed by atoms with Crippen LogP contribution in [0.25, 0.3) is 5.69 Å². The van der Waals surface area contributed by atoms with Crippen molar-refractivity contribution in [3.63, 3.8) is 0 Å². The van der Waals surface area contributed by atoms with E-state index in [4.69, 9.17) is 4.74 Å². The Labute approximate surface area is 124 Å². The predicted octanol–water partition coefficient (Wildman–Crippen LogP) is 3.78. The lowest BCUT2D eigenvalue weighted by Crippen LogP contribution is -1.99. The average Bonchev–Trinajstić information content (AvgIpc) is 3.08. The zero-order valence-electron chi connectivity index (χ0n) is 12.0. The fourth-order valence-corrected chi connectivity index (χ4v) is 2.30. The molecule has 4 heteroatoms. The minimum absolute atomic E-state index is 0.720. The molecule has 21 heavy (non-hydrogen) atoms. The molecule has 0 saturated heterocycles. The summed E-state index contributed by atoms with van der Waals surface area (Å²) in [5.74, 6) is 0.903. The van der Waals surface area contributed by atoms with Crippen LogP contribution in [0.5, 0.6) is 5.75 Å². The van der Waals surface area contributed by atoms with E-state index in [1.165, 1.54) is 5.70 Å². The van der Waals surface area contributed by atoms with Gasteiger partial charge in [-0.15, -0.1) is 0 Å². The summed E-state index contributed by atoms with van der Waals surface area (Å²) in [5.41, 5.74) is 2.28. The van der Waals surface area contributed by atoms with Crippen LogP contribution in [0.15, 0.2) is 59.8 Å². The molecule has 3 rings (SSSR count). The molecule has 0 bridgehead atoms. The van der Waals surface area contributed by atoms with Crippen molar-refractivity contribution in [3.05, 3.63) is 54.8 Å². The molecule has 0 atom stereocenters. The van der Waals surface area contributed by atoms with Crippen LogP contribution in [0, 0.1) is 0 Å². The SMILES string of the molecule is C1=NC(CCCOc2ccc(-n3ccnc3)cc2)=CCC1. The summed E-state index contributed by atoms with van der Waals surface area (Å²) in [6, 6.07) is 8.05. The van der Waals surface area contributed by atoms with Crippen molar-refractivity contribution in [2.45, 2.75) is 25.7 Å². The van der Waals surface area contributed by atoms with Gasteiger partial charge in [-0.25, -0.2) is 4.98 Å². The van der Waals surface area contributed by atoms with Gasteiger partial charge in [0.25, 0.3) is 0 Å². The molecule has 2 aromatic rings. The van der Waals surface area contributed by atoms with Crippen LogP contribution < -0.4 is 4.74 Å². The molecular weight excluding hydrogens is 262 g/mol. The monoisotopic (exact) mass is 281 g/mol. The second-order valence-corrected chi connectivity index (χ2v) is 5.00. The van der Waals surface area contributed by atoms with E-state index in [9.17, 15) is 0 Å². The minimum atomic E-state index is 0.720. The number of hydrogen-bond acceptors (Lipinski definition) is 3. The molecule has 4 nitrogen and oxygen atoms in total. The molecule has 1 aromatic heterocycles. The Bertz CT molecular complexity index is 612. The second kappa shape index (κ2) is 6.88. The van der Waals surface area contributed by atoms with Crippen molar-refractivity contribution in [2.75, 3.05) is 6.61 Å². The molecule has 1 aliphatic rings. The number of imidazole rings is 1.